The average Bonchev–Trinajstić information content (AvgIpc) is 3.14. The number of carbonyl (C=O) groups is 3. The minimum absolute atomic E-state index is 0.100. The molecule has 1 aliphatic heterocycles. The quantitative estimate of drug-likeness (QED) is 0.805. The third kappa shape index (κ3) is 2.92. The van der Waals surface area contributed by atoms with Crippen LogP contribution in [-0.4, -0.2) is 28.7 Å². The normalized spacial score (nSPS) is 17.4. The first-order chi connectivity index (χ1) is 11.5. The molecule has 0 radical (unpaired) electrons. The van der Waals surface area contributed by atoms with Gasteiger partial charge in [0.05, 0.1) is 24.9 Å². The summed E-state index contributed by atoms with van der Waals surface area (Å²) < 4.78 is 18.3. The monoisotopic (exact) mass is 330 g/mol. The molecular weight excluding hydrogens is 315 g/mol. The van der Waals surface area contributed by atoms with Crippen molar-refractivity contribution in [2.24, 2.45) is 0 Å². The standard InChI is InChI=1S/C17H15FN2O4/c1-11(21)19(10-14-3-2-8-24-14)15-9-16(22)20(17(15)23)13-6-4-12(18)5-7-13/h2-8,15H,9-10H2,1H3/t15-/m1/s1. The summed E-state index contributed by atoms with van der Waals surface area (Å²) in [5.41, 5.74) is 0.287. The number of amides is 3. The molecule has 3 amide bonds. The number of imide groups is 1. The van der Waals surface area contributed by atoms with Crippen LogP contribution in [0, 0.1) is 5.82 Å². The van der Waals surface area contributed by atoms with E-state index in [0.29, 0.717) is 5.76 Å². The highest BCUT2D eigenvalue weighted by molar-refractivity contribution is 6.22. The minimum atomic E-state index is -0.898. The van der Waals surface area contributed by atoms with Crippen LogP contribution in [0.3, 0.4) is 0 Å². The Morgan fingerprint density at radius 1 is 1.29 bits per heavy atom. The first kappa shape index (κ1) is 15.9. The lowest BCUT2D eigenvalue weighted by Gasteiger charge is -2.25. The Labute approximate surface area is 137 Å². The predicted octanol–water partition coefficient (Wildman–Crippen LogP) is 2.10. The Hall–Kier alpha value is -2.96. The highest BCUT2D eigenvalue weighted by Gasteiger charge is 2.43. The molecule has 3 rings (SSSR count). The summed E-state index contributed by atoms with van der Waals surface area (Å²) in [4.78, 5) is 39.2. The lowest BCUT2D eigenvalue weighted by molar-refractivity contribution is -0.137. The van der Waals surface area contributed by atoms with Gasteiger partial charge in [-0.3, -0.25) is 14.4 Å². The molecule has 0 N–H and O–H groups in total. The number of rotatable bonds is 4. The van der Waals surface area contributed by atoms with Crippen LogP contribution in [-0.2, 0) is 20.9 Å². The summed E-state index contributed by atoms with van der Waals surface area (Å²) in [5.74, 6) is -1.21. The topological polar surface area (TPSA) is 70.8 Å². The summed E-state index contributed by atoms with van der Waals surface area (Å²) in [5, 5.41) is 0. The van der Waals surface area contributed by atoms with Crippen molar-refractivity contribution in [3.05, 3.63) is 54.2 Å². The maximum Gasteiger partial charge on any atom is 0.257 e. The molecule has 2 aromatic rings. The van der Waals surface area contributed by atoms with Crippen LogP contribution in [0.2, 0.25) is 0 Å². The second-order valence-electron chi connectivity index (χ2n) is 5.49. The second kappa shape index (κ2) is 6.27. The molecule has 1 saturated heterocycles. The summed E-state index contributed by atoms with van der Waals surface area (Å²) in [6, 6.07) is 7.54. The van der Waals surface area contributed by atoms with Crippen LogP contribution in [0.4, 0.5) is 10.1 Å². The van der Waals surface area contributed by atoms with Gasteiger partial charge in [-0.25, -0.2) is 9.29 Å². The number of halogens is 1. The number of hydrogen-bond donors (Lipinski definition) is 0. The van der Waals surface area contributed by atoms with Gasteiger partial charge in [0.2, 0.25) is 11.8 Å². The Morgan fingerprint density at radius 3 is 2.58 bits per heavy atom. The van der Waals surface area contributed by atoms with Crippen LogP contribution in [0.25, 0.3) is 0 Å². The minimum Gasteiger partial charge on any atom is -0.467 e. The van der Waals surface area contributed by atoms with E-state index < -0.39 is 23.7 Å². The fraction of sp³-hybridized carbons (Fsp3) is 0.235. The number of hydrogen-bond acceptors (Lipinski definition) is 4. The van der Waals surface area contributed by atoms with E-state index in [9.17, 15) is 18.8 Å². The zero-order chi connectivity index (χ0) is 17.3. The van der Waals surface area contributed by atoms with Crippen LogP contribution in [0.15, 0.2) is 47.1 Å². The molecule has 1 atom stereocenters. The molecule has 6 nitrogen and oxygen atoms in total. The summed E-state index contributed by atoms with van der Waals surface area (Å²) >= 11 is 0. The van der Waals surface area contributed by atoms with Crippen molar-refractivity contribution in [1.29, 1.82) is 0 Å². The molecule has 0 unspecified atom stereocenters. The van der Waals surface area contributed by atoms with Crippen molar-refractivity contribution in [2.75, 3.05) is 4.90 Å². The average molecular weight is 330 g/mol. The molecule has 0 bridgehead atoms. The zero-order valence-electron chi connectivity index (χ0n) is 12.9. The molecule has 0 aliphatic carbocycles. The third-order valence-electron chi connectivity index (χ3n) is 3.89. The van der Waals surface area contributed by atoms with Crippen molar-refractivity contribution in [3.8, 4) is 0 Å². The van der Waals surface area contributed by atoms with Gasteiger partial charge in [-0.15, -0.1) is 0 Å². The molecule has 1 aliphatic rings. The molecule has 0 saturated carbocycles. The van der Waals surface area contributed by atoms with E-state index in [4.69, 9.17) is 4.42 Å². The van der Waals surface area contributed by atoms with Gasteiger partial charge in [-0.05, 0) is 36.4 Å². The molecule has 1 aromatic carbocycles. The molecule has 1 aromatic heterocycles. The van der Waals surface area contributed by atoms with Gasteiger partial charge in [-0.2, -0.15) is 0 Å². The Bertz CT molecular complexity index is 770. The zero-order valence-corrected chi connectivity index (χ0v) is 12.9. The maximum absolute atomic E-state index is 13.0. The fourth-order valence-corrected chi connectivity index (χ4v) is 2.73. The van der Waals surface area contributed by atoms with Crippen LogP contribution >= 0.6 is 0 Å². The van der Waals surface area contributed by atoms with Gasteiger partial charge < -0.3 is 9.32 Å². The van der Waals surface area contributed by atoms with Crippen LogP contribution in [0.1, 0.15) is 19.1 Å². The van der Waals surface area contributed by atoms with Crippen molar-refractivity contribution in [2.45, 2.75) is 25.9 Å². The van der Waals surface area contributed by atoms with E-state index >= 15 is 0 Å². The Balaban J connectivity index is 1.86. The molecular formula is C17H15FN2O4. The SMILES string of the molecule is CC(=O)N(Cc1ccco1)[C@@H]1CC(=O)N(c2ccc(F)cc2)C1=O. The van der Waals surface area contributed by atoms with E-state index in [-0.39, 0.29) is 24.6 Å². The molecule has 24 heavy (non-hydrogen) atoms. The number of benzene rings is 1. The van der Waals surface area contributed by atoms with Crippen LogP contribution in [0.5, 0.6) is 0 Å². The summed E-state index contributed by atoms with van der Waals surface area (Å²) in [6.07, 6.45) is 1.36. The van der Waals surface area contributed by atoms with Crippen LogP contribution < -0.4 is 4.90 Å². The predicted molar refractivity (Wildman–Crippen MR) is 82.2 cm³/mol. The second-order valence-corrected chi connectivity index (χ2v) is 5.49. The van der Waals surface area contributed by atoms with E-state index in [1.165, 1.54) is 42.4 Å². The van der Waals surface area contributed by atoms with Crippen molar-refractivity contribution < 1.29 is 23.2 Å². The Morgan fingerprint density at radius 2 is 2.00 bits per heavy atom. The maximum atomic E-state index is 13.0. The number of nitrogens with zero attached hydrogens (tertiary/aromatic N) is 2. The molecule has 1 fully saturated rings. The van der Waals surface area contributed by atoms with Gasteiger partial charge in [0, 0.05) is 6.92 Å². The van der Waals surface area contributed by atoms with Gasteiger partial charge in [0.15, 0.2) is 0 Å². The van der Waals surface area contributed by atoms with Gasteiger partial charge in [0.25, 0.3) is 5.91 Å². The van der Waals surface area contributed by atoms with Crippen molar-refractivity contribution in [1.82, 2.24) is 4.90 Å². The summed E-state index contributed by atoms with van der Waals surface area (Å²) in [6.45, 7) is 1.44. The molecule has 7 heteroatoms. The van der Waals surface area contributed by atoms with E-state index in [1.54, 1.807) is 12.1 Å². The molecule has 124 valence electrons. The fourth-order valence-electron chi connectivity index (χ4n) is 2.73. The van der Waals surface area contributed by atoms with Gasteiger partial charge >= 0.3 is 0 Å². The van der Waals surface area contributed by atoms with Gasteiger partial charge in [0.1, 0.15) is 17.6 Å². The van der Waals surface area contributed by atoms with E-state index in [1.807, 2.05) is 0 Å². The largest absolute Gasteiger partial charge is 0.467 e. The first-order valence-electron chi connectivity index (χ1n) is 7.39. The lowest BCUT2D eigenvalue weighted by Crippen LogP contribution is -2.44. The van der Waals surface area contributed by atoms with Crippen molar-refractivity contribution >= 4 is 23.4 Å². The third-order valence-corrected chi connectivity index (χ3v) is 3.89. The highest BCUT2D eigenvalue weighted by atomic mass is 19.1. The van der Waals surface area contributed by atoms with Gasteiger partial charge in [-0.1, -0.05) is 0 Å². The lowest BCUT2D eigenvalue weighted by atomic mass is 10.2. The summed E-state index contributed by atoms with van der Waals surface area (Å²) in [7, 11) is 0. The number of carbonyl (C=O) groups excluding carboxylic acids is 3. The molecule has 2 heterocycles. The van der Waals surface area contributed by atoms with Crippen molar-refractivity contribution in [3.63, 3.8) is 0 Å². The number of furan rings is 1. The van der Waals surface area contributed by atoms with E-state index in [0.717, 1.165) is 4.90 Å². The van der Waals surface area contributed by atoms with E-state index in [2.05, 4.69) is 0 Å². The first-order valence-corrected chi connectivity index (χ1v) is 7.39. The number of anilines is 1. The smallest absolute Gasteiger partial charge is 0.257 e. The Kier molecular flexibility index (Phi) is 4.16. The highest BCUT2D eigenvalue weighted by Crippen LogP contribution is 2.27. The molecule has 0 spiro atoms.